The molecule has 8 heteroatoms. The number of ether oxygens (including phenoxy) is 2. The highest BCUT2D eigenvalue weighted by Gasteiger charge is 2.13. The number of carboxylic acid groups (broad SMARTS) is 1. The average Bonchev–Trinajstić information content (AvgIpc) is 2.62. The Labute approximate surface area is 142 Å². The molecule has 25 heavy (non-hydrogen) atoms. The van der Waals surface area contributed by atoms with Crippen LogP contribution in [0.15, 0.2) is 48.8 Å². The molecule has 0 radical (unpaired) electrons. The molecule has 0 amide bonds. The molecule has 0 bridgehead atoms. The number of carbonyl (C=O) groups is 1. The first-order valence-electron chi connectivity index (χ1n) is 7.21. The van der Waals surface area contributed by atoms with E-state index >= 15 is 0 Å². The van der Waals surface area contributed by atoms with E-state index in [1.165, 1.54) is 25.4 Å². The Hall–Kier alpha value is -3.68. The van der Waals surface area contributed by atoms with Gasteiger partial charge in [0.15, 0.2) is 0 Å². The number of nitrogens with two attached hydrogens (primary N) is 1. The third-order valence-electron chi connectivity index (χ3n) is 3.30. The summed E-state index contributed by atoms with van der Waals surface area (Å²) in [4.78, 5) is 23.4. The maximum Gasteiger partial charge on any atom is 0.335 e. The fourth-order valence-electron chi connectivity index (χ4n) is 2.17. The van der Waals surface area contributed by atoms with Gasteiger partial charge in [-0.3, -0.25) is 0 Å². The Morgan fingerprint density at radius 3 is 2.64 bits per heavy atom. The topological polar surface area (TPSA) is 120 Å². The molecule has 2 aromatic heterocycles. The van der Waals surface area contributed by atoms with Gasteiger partial charge in [0, 0.05) is 18.5 Å². The smallest absolute Gasteiger partial charge is 0.335 e. The molecule has 3 rings (SSSR count). The summed E-state index contributed by atoms with van der Waals surface area (Å²) in [6, 6.07) is 9.53. The molecular weight excluding hydrogens is 324 g/mol. The highest BCUT2D eigenvalue weighted by Crippen LogP contribution is 2.32. The lowest BCUT2D eigenvalue weighted by molar-refractivity contribution is 0.0696. The van der Waals surface area contributed by atoms with Crippen LogP contribution in [0.3, 0.4) is 0 Å². The first kappa shape index (κ1) is 16.2. The number of benzene rings is 1. The monoisotopic (exact) mass is 338 g/mol. The lowest BCUT2D eigenvalue weighted by Gasteiger charge is -2.11. The summed E-state index contributed by atoms with van der Waals surface area (Å²) < 4.78 is 10.9. The fourth-order valence-corrected chi connectivity index (χ4v) is 2.17. The Bertz CT molecular complexity index is 930. The molecule has 1 aromatic carbocycles. The van der Waals surface area contributed by atoms with Crippen molar-refractivity contribution in [3.63, 3.8) is 0 Å². The minimum absolute atomic E-state index is 0.0399. The van der Waals surface area contributed by atoms with Gasteiger partial charge in [0.1, 0.15) is 11.5 Å². The van der Waals surface area contributed by atoms with Crippen LogP contribution >= 0.6 is 0 Å². The number of aromatic nitrogens is 3. The summed E-state index contributed by atoms with van der Waals surface area (Å²) in [7, 11) is 1.45. The van der Waals surface area contributed by atoms with Gasteiger partial charge in [-0.2, -0.15) is 0 Å². The fraction of sp³-hybridized carbons (Fsp3) is 0.0588. The summed E-state index contributed by atoms with van der Waals surface area (Å²) in [5.74, 6) is -0.0713. The van der Waals surface area contributed by atoms with Crippen molar-refractivity contribution in [2.75, 3.05) is 12.8 Å². The van der Waals surface area contributed by atoms with Crippen molar-refractivity contribution >= 4 is 11.9 Å². The van der Waals surface area contributed by atoms with Crippen LogP contribution in [-0.2, 0) is 0 Å². The molecule has 0 spiro atoms. The van der Waals surface area contributed by atoms with Gasteiger partial charge in [0.2, 0.25) is 11.8 Å². The van der Waals surface area contributed by atoms with E-state index < -0.39 is 5.97 Å². The first-order chi connectivity index (χ1) is 12.1. The molecule has 0 fully saturated rings. The van der Waals surface area contributed by atoms with Gasteiger partial charge in [-0.25, -0.2) is 19.7 Å². The molecule has 2 heterocycles. The minimum Gasteiger partial charge on any atom is -0.497 e. The van der Waals surface area contributed by atoms with Crippen LogP contribution in [0, 0.1) is 0 Å². The van der Waals surface area contributed by atoms with E-state index in [2.05, 4.69) is 15.0 Å². The predicted molar refractivity (Wildman–Crippen MR) is 89.7 cm³/mol. The van der Waals surface area contributed by atoms with E-state index in [1.807, 2.05) is 0 Å². The second-order valence-electron chi connectivity index (χ2n) is 4.96. The Morgan fingerprint density at radius 1 is 1.12 bits per heavy atom. The molecule has 0 aliphatic heterocycles. The standard InChI is InChI=1S/C17H14N4O4/c1-24-11-7-10(16(22)23)8-12(9-11)25-15-13(3-2-5-19-15)14-4-6-20-17(18)21-14/h2-9H,1H3,(H,22,23)(H2,18,20,21). The average molecular weight is 338 g/mol. The lowest BCUT2D eigenvalue weighted by Crippen LogP contribution is -2.00. The van der Waals surface area contributed by atoms with Gasteiger partial charge in [0.05, 0.1) is 23.9 Å². The largest absolute Gasteiger partial charge is 0.497 e. The zero-order chi connectivity index (χ0) is 17.8. The number of hydrogen-bond donors (Lipinski definition) is 2. The lowest BCUT2D eigenvalue weighted by atomic mass is 10.2. The van der Waals surface area contributed by atoms with Crippen LogP contribution in [0.2, 0.25) is 0 Å². The van der Waals surface area contributed by atoms with E-state index in [4.69, 9.17) is 15.2 Å². The number of carboxylic acids is 1. The highest BCUT2D eigenvalue weighted by molar-refractivity contribution is 5.88. The van der Waals surface area contributed by atoms with Crippen LogP contribution in [-0.4, -0.2) is 33.1 Å². The molecule has 8 nitrogen and oxygen atoms in total. The van der Waals surface area contributed by atoms with E-state index in [0.717, 1.165) is 0 Å². The summed E-state index contributed by atoms with van der Waals surface area (Å²) in [5, 5.41) is 9.20. The van der Waals surface area contributed by atoms with Gasteiger partial charge < -0.3 is 20.3 Å². The van der Waals surface area contributed by atoms with Crippen molar-refractivity contribution in [1.29, 1.82) is 0 Å². The van der Waals surface area contributed by atoms with Gasteiger partial charge >= 0.3 is 5.97 Å². The maximum atomic E-state index is 11.2. The second kappa shape index (κ2) is 6.83. The first-order valence-corrected chi connectivity index (χ1v) is 7.21. The predicted octanol–water partition coefficient (Wildman–Crippen LogP) is 2.62. The number of rotatable bonds is 5. The number of hydrogen-bond acceptors (Lipinski definition) is 7. The van der Waals surface area contributed by atoms with Crippen LogP contribution < -0.4 is 15.2 Å². The maximum absolute atomic E-state index is 11.2. The van der Waals surface area contributed by atoms with E-state index in [9.17, 15) is 9.90 Å². The number of aromatic carboxylic acids is 1. The van der Waals surface area contributed by atoms with Gasteiger partial charge in [0.25, 0.3) is 0 Å². The summed E-state index contributed by atoms with van der Waals surface area (Å²) in [6.07, 6.45) is 3.09. The SMILES string of the molecule is COc1cc(Oc2ncccc2-c2ccnc(N)n2)cc(C(=O)O)c1. The number of anilines is 1. The third-order valence-corrected chi connectivity index (χ3v) is 3.30. The molecule has 0 saturated heterocycles. The van der Waals surface area contributed by atoms with Crippen molar-refractivity contribution in [1.82, 2.24) is 15.0 Å². The highest BCUT2D eigenvalue weighted by atomic mass is 16.5. The van der Waals surface area contributed by atoms with Crippen LogP contribution in [0.4, 0.5) is 5.95 Å². The number of pyridine rings is 1. The Morgan fingerprint density at radius 2 is 1.92 bits per heavy atom. The van der Waals surface area contributed by atoms with Crippen LogP contribution in [0.25, 0.3) is 11.3 Å². The summed E-state index contributed by atoms with van der Waals surface area (Å²) >= 11 is 0. The quantitative estimate of drug-likeness (QED) is 0.728. The summed E-state index contributed by atoms with van der Waals surface area (Å²) in [6.45, 7) is 0. The molecule has 0 saturated carbocycles. The molecule has 126 valence electrons. The van der Waals surface area contributed by atoms with Crippen molar-refractivity contribution in [2.24, 2.45) is 0 Å². The molecule has 3 N–H and O–H groups in total. The van der Waals surface area contributed by atoms with Gasteiger partial charge in [-0.15, -0.1) is 0 Å². The van der Waals surface area contributed by atoms with Crippen molar-refractivity contribution in [2.45, 2.75) is 0 Å². The van der Waals surface area contributed by atoms with Crippen molar-refractivity contribution in [3.05, 3.63) is 54.4 Å². The van der Waals surface area contributed by atoms with Gasteiger partial charge in [-0.05, 0) is 30.3 Å². The summed E-state index contributed by atoms with van der Waals surface area (Å²) in [5.41, 5.74) is 6.80. The zero-order valence-electron chi connectivity index (χ0n) is 13.2. The Kier molecular flexibility index (Phi) is 4.42. The third kappa shape index (κ3) is 3.63. The van der Waals surface area contributed by atoms with Crippen LogP contribution in [0.1, 0.15) is 10.4 Å². The van der Waals surface area contributed by atoms with E-state index in [-0.39, 0.29) is 23.1 Å². The van der Waals surface area contributed by atoms with Crippen LogP contribution in [0.5, 0.6) is 17.4 Å². The van der Waals surface area contributed by atoms with E-state index in [1.54, 1.807) is 30.5 Å². The normalized spacial score (nSPS) is 10.3. The molecular formula is C17H14N4O4. The van der Waals surface area contributed by atoms with Crippen molar-refractivity contribution in [3.8, 4) is 28.6 Å². The molecule has 0 atom stereocenters. The number of methoxy groups -OCH3 is 1. The number of nitrogens with zero attached hydrogens (tertiary/aromatic N) is 3. The van der Waals surface area contributed by atoms with Gasteiger partial charge in [-0.1, -0.05) is 0 Å². The van der Waals surface area contributed by atoms with Crippen molar-refractivity contribution < 1.29 is 19.4 Å². The molecule has 3 aromatic rings. The zero-order valence-corrected chi connectivity index (χ0v) is 13.2. The number of nitrogen functional groups attached to an aromatic ring is 1. The molecule has 0 aliphatic carbocycles. The second-order valence-corrected chi connectivity index (χ2v) is 4.96. The molecule has 0 aliphatic rings. The minimum atomic E-state index is -1.09. The molecule has 0 unspecified atom stereocenters. The Balaban J connectivity index is 2.02. The van der Waals surface area contributed by atoms with E-state index in [0.29, 0.717) is 17.0 Å².